The molecule has 0 N–H and O–H groups in total. The predicted molar refractivity (Wildman–Crippen MR) is 98.0 cm³/mol. The van der Waals surface area contributed by atoms with Gasteiger partial charge in [0.05, 0.1) is 11.6 Å². The molecule has 0 spiro atoms. The molecule has 7 heteroatoms. The van der Waals surface area contributed by atoms with Crippen LogP contribution in [0.5, 0.6) is 0 Å². The maximum Gasteiger partial charge on any atom is 0.246 e. The number of carbonyl (C=O) groups excluding carboxylic acids is 2. The summed E-state index contributed by atoms with van der Waals surface area (Å²) in [5.74, 6) is -1.57. The minimum atomic E-state index is -0.897. The van der Waals surface area contributed by atoms with Crippen molar-refractivity contribution in [2.45, 2.75) is 24.9 Å². The molecular formula is C21H19F2N3O2. The van der Waals surface area contributed by atoms with E-state index >= 15 is 0 Å². The van der Waals surface area contributed by atoms with Crippen molar-refractivity contribution in [1.29, 1.82) is 5.26 Å². The van der Waals surface area contributed by atoms with Crippen molar-refractivity contribution in [1.82, 2.24) is 9.80 Å². The molecule has 2 amide bonds. The highest BCUT2D eigenvalue weighted by atomic mass is 19.1. The highest BCUT2D eigenvalue weighted by Gasteiger charge is 2.42. The van der Waals surface area contributed by atoms with Gasteiger partial charge in [0.25, 0.3) is 0 Å². The molecule has 2 aromatic carbocycles. The molecule has 1 aliphatic heterocycles. The lowest BCUT2D eigenvalue weighted by Crippen LogP contribution is -2.63. The molecule has 0 radical (unpaired) electrons. The third kappa shape index (κ3) is 3.58. The number of hydrogen-bond acceptors (Lipinski definition) is 3. The Bertz CT molecular complexity index is 953. The van der Waals surface area contributed by atoms with Crippen LogP contribution in [0.15, 0.2) is 42.5 Å². The molecule has 2 unspecified atom stereocenters. The summed E-state index contributed by atoms with van der Waals surface area (Å²) in [4.78, 5) is 28.5. The third-order valence-corrected chi connectivity index (χ3v) is 5.18. The zero-order valence-corrected chi connectivity index (χ0v) is 15.5. The number of piperazine rings is 1. The number of likely N-dealkylation sites (N-methyl/N-ethyl adjacent to an activating group) is 2. The molecule has 0 aromatic heterocycles. The Kier molecular flexibility index (Phi) is 5.41. The van der Waals surface area contributed by atoms with E-state index in [1.165, 1.54) is 54.2 Å². The lowest BCUT2D eigenvalue weighted by atomic mass is 9.93. The van der Waals surface area contributed by atoms with Crippen molar-refractivity contribution < 1.29 is 18.4 Å². The van der Waals surface area contributed by atoms with Crippen LogP contribution >= 0.6 is 0 Å². The topological polar surface area (TPSA) is 64.4 Å². The maximum atomic E-state index is 14.2. The SMILES string of the molecule is CN1C(=O)C(Cc2c(F)cccc2C#N)N(C)C(=O)C1Cc1ccc(F)cc1. The van der Waals surface area contributed by atoms with Crippen molar-refractivity contribution in [3.63, 3.8) is 0 Å². The van der Waals surface area contributed by atoms with Crippen molar-refractivity contribution >= 4 is 11.8 Å². The minimum Gasteiger partial charge on any atom is -0.332 e. The number of nitrogens with zero attached hydrogens (tertiary/aromatic N) is 3. The van der Waals surface area contributed by atoms with Gasteiger partial charge in [-0.1, -0.05) is 18.2 Å². The number of benzene rings is 2. The number of nitriles is 1. The fourth-order valence-corrected chi connectivity index (χ4v) is 3.47. The lowest BCUT2D eigenvalue weighted by molar-refractivity contribution is -0.158. The fraction of sp³-hybridized carbons (Fsp3) is 0.286. The van der Waals surface area contributed by atoms with E-state index in [1.54, 1.807) is 12.1 Å². The summed E-state index contributed by atoms with van der Waals surface area (Å²) in [6.45, 7) is 0. The molecule has 2 aromatic rings. The molecule has 0 saturated carbocycles. The molecule has 0 aliphatic carbocycles. The highest BCUT2D eigenvalue weighted by molar-refractivity contribution is 5.97. The van der Waals surface area contributed by atoms with E-state index in [9.17, 15) is 23.6 Å². The van der Waals surface area contributed by atoms with Crippen LogP contribution in [-0.2, 0) is 22.4 Å². The zero-order chi connectivity index (χ0) is 20.4. The van der Waals surface area contributed by atoms with Crippen LogP contribution in [0.25, 0.3) is 0 Å². The molecule has 5 nitrogen and oxygen atoms in total. The van der Waals surface area contributed by atoms with Crippen LogP contribution in [-0.4, -0.2) is 47.8 Å². The third-order valence-electron chi connectivity index (χ3n) is 5.18. The van der Waals surface area contributed by atoms with Gasteiger partial charge in [-0.25, -0.2) is 8.78 Å². The van der Waals surface area contributed by atoms with Gasteiger partial charge in [0.1, 0.15) is 23.7 Å². The van der Waals surface area contributed by atoms with Crippen molar-refractivity contribution in [3.05, 3.63) is 70.8 Å². The minimum absolute atomic E-state index is 0.0791. The van der Waals surface area contributed by atoms with Crippen LogP contribution < -0.4 is 0 Å². The fourth-order valence-electron chi connectivity index (χ4n) is 3.47. The van der Waals surface area contributed by atoms with Crippen molar-refractivity contribution in [2.24, 2.45) is 0 Å². The first-order chi connectivity index (χ1) is 13.3. The maximum absolute atomic E-state index is 14.2. The number of rotatable bonds is 4. The summed E-state index contributed by atoms with van der Waals surface area (Å²) < 4.78 is 27.3. The zero-order valence-electron chi connectivity index (χ0n) is 15.5. The summed E-state index contributed by atoms with van der Waals surface area (Å²) in [6.07, 6.45) is 0.172. The van der Waals surface area contributed by atoms with Gasteiger partial charge >= 0.3 is 0 Å². The van der Waals surface area contributed by atoms with Crippen molar-refractivity contribution in [2.75, 3.05) is 14.1 Å². The molecule has 28 heavy (non-hydrogen) atoms. The summed E-state index contributed by atoms with van der Waals surface area (Å²) in [5.41, 5.74) is 0.991. The molecule has 2 atom stereocenters. The quantitative estimate of drug-likeness (QED) is 0.814. The van der Waals surface area contributed by atoms with E-state index < -0.39 is 17.9 Å². The Balaban J connectivity index is 1.85. The Hall–Kier alpha value is -3.27. The Morgan fingerprint density at radius 2 is 1.50 bits per heavy atom. The van der Waals surface area contributed by atoms with Gasteiger partial charge < -0.3 is 9.80 Å². The van der Waals surface area contributed by atoms with Crippen LogP contribution in [0.1, 0.15) is 16.7 Å². The molecule has 1 heterocycles. The largest absolute Gasteiger partial charge is 0.332 e. The number of hydrogen-bond donors (Lipinski definition) is 0. The Labute approximate surface area is 161 Å². The predicted octanol–water partition coefficient (Wildman–Crippen LogP) is 2.29. The second-order valence-electron chi connectivity index (χ2n) is 6.84. The first-order valence-corrected chi connectivity index (χ1v) is 8.78. The van der Waals surface area contributed by atoms with E-state index in [2.05, 4.69) is 0 Å². The van der Waals surface area contributed by atoms with Crippen LogP contribution in [0.2, 0.25) is 0 Å². The molecule has 144 valence electrons. The van der Waals surface area contributed by atoms with Crippen LogP contribution in [0.3, 0.4) is 0 Å². The highest BCUT2D eigenvalue weighted by Crippen LogP contribution is 2.24. The van der Waals surface area contributed by atoms with Crippen molar-refractivity contribution in [3.8, 4) is 6.07 Å². The van der Waals surface area contributed by atoms with Crippen LogP contribution in [0.4, 0.5) is 8.78 Å². The van der Waals surface area contributed by atoms with Gasteiger partial charge in [-0.05, 0) is 29.8 Å². The molecule has 1 saturated heterocycles. The van der Waals surface area contributed by atoms with E-state index in [1.807, 2.05) is 6.07 Å². The first kappa shape index (κ1) is 19.5. The molecule has 0 bridgehead atoms. The molecule has 3 rings (SSSR count). The van der Waals surface area contributed by atoms with E-state index in [0.29, 0.717) is 0 Å². The first-order valence-electron chi connectivity index (χ1n) is 8.78. The molecule has 1 fully saturated rings. The Morgan fingerprint density at radius 1 is 0.929 bits per heavy atom. The van der Waals surface area contributed by atoms with E-state index in [-0.39, 0.29) is 41.6 Å². The number of carbonyl (C=O) groups is 2. The van der Waals surface area contributed by atoms with Gasteiger partial charge in [0, 0.05) is 32.5 Å². The number of halogens is 2. The van der Waals surface area contributed by atoms with Gasteiger partial charge in [-0.3, -0.25) is 9.59 Å². The number of amides is 2. The summed E-state index contributed by atoms with van der Waals surface area (Å²) in [7, 11) is 3.03. The van der Waals surface area contributed by atoms with Gasteiger partial charge in [-0.2, -0.15) is 5.26 Å². The summed E-state index contributed by atoms with van der Waals surface area (Å²) in [5, 5.41) is 9.21. The van der Waals surface area contributed by atoms with E-state index in [4.69, 9.17) is 0 Å². The smallest absolute Gasteiger partial charge is 0.246 e. The van der Waals surface area contributed by atoms with Gasteiger partial charge in [-0.15, -0.1) is 0 Å². The second kappa shape index (κ2) is 7.77. The standard InChI is InChI=1S/C21H19F2N3O2/c1-25-18(10-13-6-8-15(22)9-7-13)20(27)26(2)19(21(25)28)11-16-14(12-24)4-3-5-17(16)23/h3-9,18-19H,10-11H2,1-2H3. The Morgan fingerprint density at radius 3 is 2.07 bits per heavy atom. The van der Waals surface area contributed by atoms with Gasteiger partial charge in [0.2, 0.25) is 11.8 Å². The monoisotopic (exact) mass is 383 g/mol. The van der Waals surface area contributed by atoms with Gasteiger partial charge in [0.15, 0.2) is 0 Å². The second-order valence-corrected chi connectivity index (χ2v) is 6.84. The average Bonchev–Trinajstić information content (AvgIpc) is 2.69. The summed E-state index contributed by atoms with van der Waals surface area (Å²) in [6, 6.07) is 10.2. The molecule has 1 aliphatic rings. The lowest BCUT2D eigenvalue weighted by Gasteiger charge is -2.42. The van der Waals surface area contributed by atoms with E-state index in [0.717, 1.165) is 5.56 Å². The summed E-state index contributed by atoms with van der Waals surface area (Å²) >= 11 is 0. The normalized spacial score (nSPS) is 19.7. The average molecular weight is 383 g/mol. The van der Waals surface area contributed by atoms with Crippen LogP contribution in [0, 0.1) is 23.0 Å². The molecular weight excluding hydrogens is 364 g/mol.